The van der Waals surface area contributed by atoms with Crippen molar-refractivity contribution in [2.45, 2.75) is 20.4 Å². The van der Waals surface area contributed by atoms with Gasteiger partial charge in [0, 0.05) is 10.2 Å². The Morgan fingerprint density at radius 1 is 1.33 bits per heavy atom. The van der Waals surface area contributed by atoms with Gasteiger partial charge < -0.3 is 5.11 Å². The van der Waals surface area contributed by atoms with Gasteiger partial charge in [-0.05, 0) is 47.5 Å². The van der Waals surface area contributed by atoms with Gasteiger partial charge in [-0.3, -0.25) is 4.57 Å². The topological polar surface area (TPSA) is 72.2 Å². The van der Waals surface area contributed by atoms with Crippen molar-refractivity contribution in [2.24, 2.45) is 0 Å². The van der Waals surface area contributed by atoms with Gasteiger partial charge in [0.1, 0.15) is 0 Å². The molecule has 0 aliphatic rings. The summed E-state index contributed by atoms with van der Waals surface area (Å²) < 4.78 is 2.98. The second-order valence-electron chi connectivity index (χ2n) is 4.58. The second kappa shape index (κ2) is 6.11. The molecule has 0 aliphatic carbocycles. The minimum atomic E-state index is -0.990. The first-order valence-electron chi connectivity index (χ1n) is 6.06. The maximum atomic E-state index is 12.0. The number of carboxylic acids is 1. The lowest BCUT2D eigenvalue weighted by Crippen LogP contribution is -2.27. The number of benzene rings is 1. The Morgan fingerprint density at radius 2 is 2.00 bits per heavy atom. The molecule has 0 saturated carbocycles. The van der Waals surface area contributed by atoms with E-state index in [2.05, 4.69) is 36.8 Å². The summed E-state index contributed by atoms with van der Waals surface area (Å²) in [5, 5.41) is 8.95. The van der Waals surface area contributed by atoms with Gasteiger partial charge in [-0.15, -0.1) is 0 Å². The zero-order valence-corrected chi connectivity index (χ0v) is 14.5. The Labute approximate surface area is 137 Å². The van der Waals surface area contributed by atoms with Crippen LogP contribution in [-0.4, -0.2) is 20.6 Å². The maximum absolute atomic E-state index is 12.0. The zero-order valence-electron chi connectivity index (χ0n) is 11.4. The van der Waals surface area contributed by atoms with Crippen molar-refractivity contribution in [2.75, 3.05) is 0 Å². The number of carboxylic acid groups (broad SMARTS) is 1. The largest absolute Gasteiger partial charge is 0.478 e. The van der Waals surface area contributed by atoms with Gasteiger partial charge in [0.15, 0.2) is 0 Å². The van der Waals surface area contributed by atoms with Crippen LogP contribution in [0.15, 0.2) is 31.9 Å². The number of aromatic carboxylic acids is 1. The van der Waals surface area contributed by atoms with Crippen molar-refractivity contribution < 1.29 is 9.90 Å². The molecule has 0 spiro atoms. The fraction of sp³-hybridized carbons (Fsp3) is 0.214. The average Bonchev–Trinajstić information content (AvgIpc) is 2.42. The molecular weight excluding hydrogens is 404 g/mol. The third-order valence-corrected chi connectivity index (χ3v) is 5.05. The van der Waals surface area contributed by atoms with Crippen LogP contribution in [0.3, 0.4) is 0 Å². The smallest absolute Gasteiger partial charge is 0.348 e. The SMILES string of the molecule is Cc1nc(=O)n(Cc2ccc(C(=O)O)cc2Br)c(C)c1Br. The molecule has 0 unspecified atom stereocenters. The molecule has 0 saturated heterocycles. The maximum Gasteiger partial charge on any atom is 0.348 e. The van der Waals surface area contributed by atoms with Crippen LogP contribution in [0.4, 0.5) is 0 Å². The van der Waals surface area contributed by atoms with Gasteiger partial charge in [0.25, 0.3) is 0 Å². The van der Waals surface area contributed by atoms with E-state index in [-0.39, 0.29) is 11.3 Å². The zero-order chi connectivity index (χ0) is 15.7. The first-order valence-corrected chi connectivity index (χ1v) is 7.65. The van der Waals surface area contributed by atoms with Gasteiger partial charge in [-0.25, -0.2) is 9.59 Å². The Kier molecular flexibility index (Phi) is 4.63. The van der Waals surface area contributed by atoms with Crippen molar-refractivity contribution in [3.05, 3.63) is 60.1 Å². The fourth-order valence-electron chi connectivity index (χ4n) is 1.94. The predicted octanol–water partition coefficient (Wildman–Crippen LogP) is 3.13. The van der Waals surface area contributed by atoms with Crippen LogP contribution in [0.1, 0.15) is 27.3 Å². The molecule has 1 aromatic heterocycles. The first kappa shape index (κ1) is 15.9. The Balaban J connectivity index is 2.46. The molecule has 2 aromatic rings. The fourth-order valence-corrected chi connectivity index (χ4v) is 2.75. The lowest BCUT2D eigenvalue weighted by Gasteiger charge is -2.13. The minimum Gasteiger partial charge on any atom is -0.478 e. The van der Waals surface area contributed by atoms with Crippen molar-refractivity contribution in [1.29, 1.82) is 0 Å². The molecule has 0 radical (unpaired) electrons. The van der Waals surface area contributed by atoms with Crippen LogP contribution >= 0.6 is 31.9 Å². The number of aryl methyl sites for hydroxylation is 1. The van der Waals surface area contributed by atoms with E-state index in [4.69, 9.17) is 5.11 Å². The molecule has 1 heterocycles. The van der Waals surface area contributed by atoms with E-state index < -0.39 is 5.97 Å². The molecule has 5 nitrogen and oxygen atoms in total. The lowest BCUT2D eigenvalue weighted by molar-refractivity contribution is 0.0697. The standard InChI is InChI=1S/C14H12Br2N2O3/c1-7-12(16)8(2)18(14(21)17-7)6-10-4-3-9(13(19)20)5-11(10)15/h3-5H,6H2,1-2H3,(H,19,20). The van der Waals surface area contributed by atoms with Gasteiger partial charge in [-0.1, -0.05) is 22.0 Å². The van der Waals surface area contributed by atoms with Gasteiger partial charge >= 0.3 is 11.7 Å². The second-order valence-corrected chi connectivity index (χ2v) is 6.22. The number of hydrogen-bond acceptors (Lipinski definition) is 3. The first-order chi connectivity index (χ1) is 9.81. The highest BCUT2D eigenvalue weighted by molar-refractivity contribution is 9.10. The number of halogens is 2. The van der Waals surface area contributed by atoms with Crippen molar-refractivity contribution in [3.63, 3.8) is 0 Å². The number of hydrogen-bond donors (Lipinski definition) is 1. The van der Waals surface area contributed by atoms with Gasteiger partial charge in [0.05, 0.1) is 22.3 Å². The molecule has 0 aliphatic heterocycles. The molecule has 21 heavy (non-hydrogen) atoms. The third-order valence-electron chi connectivity index (χ3n) is 3.16. The molecule has 110 valence electrons. The molecule has 1 N–H and O–H groups in total. The summed E-state index contributed by atoms with van der Waals surface area (Å²) in [7, 11) is 0. The van der Waals surface area contributed by atoms with Crippen LogP contribution in [0.2, 0.25) is 0 Å². The molecule has 0 fully saturated rings. The molecule has 7 heteroatoms. The Hall–Kier alpha value is -1.47. The van der Waals surface area contributed by atoms with Crippen molar-refractivity contribution in [3.8, 4) is 0 Å². The molecule has 2 rings (SSSR count). The van der Waals surface area contributed by atoms with E-state index in [0.717, 1.165) is 15.7 Å². The van der Waals surface area contributed by atoms with Crippen LogP contribution in [0.25, 0.3) is 0 Å². The summed E-state index contributed by atoms with van der Waals surface area (Å²) >= 11 is 6.76. The van der Waals surface area contributed by atoms with Gasteiger partial charge in [-0.2, -0.15) is 4.98 Å². The summed E-state index contributed by atoms with van der Waals surface area (Å²) in [4.78, 5) is 26.9. The van der Waals surface area contributed by atoms with Gasteiger partial charge in [0.2, 0.25) is 0 Å². The third kappa shape index (κ3) is 3.24. The molecular formula is C14H12Br2N2O3. The highest BCUT2D eigenvalue weighted by Crippen LogP contribution is 2.22. The van der Waals surface area contributed by atoms with Crippen LogP contribution < -0.4 is 5.69 Å². The van der Waals surface area contributed by atoms with Crippen LogP contribution in [0, 0.1) is 13.8 Å². The lowest BCUT2D eigenvalue weighted by atomic mass is 10.1. The molecule has 1 aromatic carbocycles. The Bertz CT molecular complexity index is 785. The minimum absolute atomic E-state index is 0.193. The number of carbonyl (C=O) groups is 1. The van der Waals surface area contributed by atoms with E-state index in [1.165, 1.54) is 16.7 Å². The predicted molar refractivity (Wildman–Crippen MR) is 85.9 cm³/mol. The number of rotatable bonds is 3. The highest BCUT2D eigenvalue weighted by atomic mass is 79.9. The summed E-state index contributed by atoms with van der Waals surface area (Å²) in [5.74, 6) is -0.990. The van der Waals surface area contributed by atoms with E-state index in [0.29, 0.717) is 16.7 Å². The number of aromatic nitrogens is 2. The van der Waals surface area contributed by atoms with E-state index in [1.54, 1.807) is 13.0 Å². The summed E-state index contributed by atoms with van der Waals surface area (Å²) in [6, 6.07) is 4.72. The molecule has 0 amide bonds. The normalized spacial score (nSPS) is 10.7. The molecule has 0 bridgehead atoms. The summed E-state index contributed by atoms with van der Waals surface area (Å²) in [6.07, 6.45) is 0. The van der Waals surface area contributed by atoms with Crippen molar-refractivity contribution in [1.82, 2.24) is 9.55 Å². The van der Waals surface area contributed by atoms with E-state index in [1.807, 2.05) is 6.92 Å². The Morgan fingerprint density at radius 3 is 2.57 bits per heavy atom. The van der Waals surface area contributed by atoms with E-state index >= 15 is 0 Å². The summed E-state index contributed by atoms with van der Waals surface area (Å²) in [5.41, 5.74) is 2.10. The van der Waals surface area contributed by atoms with Crippen LogP contribution in [-0.2, 0) is 6.54 Å². The molecule has 0 atom stereocenters. The van der Waals surface area contributed by atoms with Crippen molar-refractivity contribution >= 4 is 37.8 Å². The average molecular weight is 416 g/mol. The van der Waals surface area contributed by atoms with Crippen LogP contribution in [0.5, 0.6) is 0 Å². The monoisotopic (exact) mass is 414 g/mol. The van der Waals surface area contributed by atoms with E-state index in [9.17, 15) is 9.59 Å². The quantitative estimate of drug-likeness (QED) is 0.835. The summed E-state index contributed by atoms with van der Waals surface area (Å²) in [6.45, 7) is 3.91. The highest BCUT2D eigenvalue weighted by Gasteiger charge is 2.12. The number of nitrogens with zero attached hydrogens (tertiary/aromatic N) is 2.